The Morgan fingerprint density at radius 3 is 2.44 bits per heavy atom. The summed E-state index contributed by atoms with van der Waals surface area (Å²) in [7, 11) is 0. The van der Waals surface area contributed by atoms with E-state index in [1.54, 1.807) is 0 Å². The van der Waals surface area contributed by atoms with Gasteiger partial charge >= 0.3 is 0 Å². The fraction of sp³-hybridized carbons (Fsp3) is 0.571. The van der Waals surface area contributed by atoms with Crippen LogP contribution in [0.3, 0.4) is 0 Å². The molecule has 16 heavy (non-hydrogen) atoms. The van der Waals surface area contributed by atoms with Crippen LogP contribution in [0, 0.1) is 5.92 Å². The van der Waals surface area contributed by atoms with Gasteiger partial charge in [-0.1, -0.05) is 25.0 Å². The molecule has 1 aromatic carbocycles. The van der Waals surface area contributed by atoms with Gasteiger partial charge in [-0.05, 0) is 43.9 Å². The summed E-state index contributed by atoms with van der Waals surface area (Å²) in [6.45, 7) is 4.55. The molecule has 0 saturated heterocycles. The predicted octanol–water partition coefficient (Wildman–Crippen LogP) is 3.09. The Balaban J connectivity index is 2.06. The Hall–Kier alpha value is -1.02. The zero-order chi connectivity index (χ0) is 11.6. The molecule has 2 nitrogen and oxygen atoms in total. The van der Waals surface area contributed by atoms with Gasteiger partial charge in [-0.25, -0.2) is 0 Å². The van der Waals surface area contributed by atoms with Crippen LogP contribution in [0.25, 0.3) is 0 Å². The van der Waals surface area contributed by atoms with Gasteiger partial charge in [0.05, 0.1) is 12.2 Å². The molecule has 1 atom stereocenters. The summed E-state index contributed by atoms with van der Waals surface area (Å²) in [5.41, 5.74) is 0.300. The summed E-state index contributed by atoms with van der Waals surface area (Å²) in [5, 5.41) is 10.4. The van der Waals surface area contributed by atoms with E-state index in [-0.39, 0.29) is 0 Å². The van der Waals surface area contributed by atoms with E-state index >= 15 is 0 Å². The maximum Gasteiger partial charge on any atom is 0.119 e. The number of aliphatic hydroxyl groups is 1. The molecule has 1 unspecified atom stereocenters. The summed E-state index contributed by atoms with van der Waals surface area (Å²) in [4.78, 5) is 0. The van der Waals surface area contributed by atoms with Gasteiger partial charge in [-0.2, -0.15) is 0 Å². The van der Waals surface area contributed by atoms with Crippen LogP contribution >= 0.6 is 0 Å². The number of ether oxygens (including phenoxy) is 1. The summed E-state index contributed by atoms with van der Waals surface area (Å²) >= 11 is 0. The van der Waals surface area contributed by atoms with Crippen molar-refractivity contribution in [3.8, 4) is 5.75 Å². The lowest BCUT2D eigenvalue weighted by Crippen LogP contribution is -2.21. The summed E-state index contributed by atoms with van der Waals surface area (Å²) in [6, 6.07) is 7.79. The van der Waals surface area contributed by atoms with Crippen LogP contribution in [0.4, 0.5) is 0 Å². The first-order valence-electron chi connectivity index (χ1n) is 6.07. The lowest BCUT2D eigenvalue weighted by molar-refractivity contribution is 0.0417. The molecule has 2 heteroatoms. The molecule has 0 spiro atoms. The van der Waals surface area contributed by atoms with E-state index in [1.165, 1.54) is 12.8 Å². The fourth-order valence-corrected chi connectivity index (χ4v) is 2.08. The predicted molar refractivity (Wildman–Crippen MR) is 64.5 cm³/mol. The Morgan fingerprint density at radius 2 is 1.94 bits per heavy atom. The Labute approximate surface area is 97.3 Å². The van der Waals surface area contributed by atoms with E-state index in [2.05, 4.69) is 0 Å². The van der Waals surface area contributed by atoms with Gasteiger partial charge in [0.1, 0.15) is 5.75 Å². The fourth-order valence-electron chi connectivity index (χ4n) is 2.08. The van der Waals surface area contributed by atoms with E-state index in [9.17, 15) is 5.11 Å². The molecule has 1 fully saturated rings. The zero-order valence-corrected chi connectivity index (χ0v) is 10.1. The van der Waals surface area contributed by atoms with Crippen LogP contribution in [-0.4, -0.2) is 11.7 Å². The highest BCUT2D eigenvalue weighted by atomic mass is 16.5. The topological polar surface area (TPSA) is 29.5 Å². The molecule has 1 aliphatic carbocycles. The van der Waals surface area contributed by atoms with E-state index < -0.39 is 5.60 Å². The van der Waals surface area contributed by atoms with Gasteiger partial charge in [-0.15, -0.1) is 0 Å². The first kappa shape index (κ1) is 11.5. The van der Waals surface area contributed by atoms with E-state index in [0.717, 1.165) is 23.7 Å². The third kappa shape index (κ3) is 2.76. The third-order valence-electron chi connectivity index (χ3n) is 3.17. The van der Waals surface area contributed by atoms with Gasteiger partial charge in [-0.3, -0.25) is 0 Å². The summed E-state index contributed by atoms with van der Waals surface area (Å²) < 4.78 is 5.39. The normalized spacial score (nSPS) is 19.2. The van der Waals surface area contributed by atoms with Gasteiger partial charge in [0, 0.05) is 0 Å². The molecular formula is C14H20O2. The van der Waals surface area contributed by atoms with Crippen LogP contribution in [0.5, 0.6) is 5.75 Å². The summed E-state index contributed by atoms with van der Waals surface area (Å²) in [5.74, 6) is 1.59. The van der Waals surface area contributed by atoms with Crippen LogP contribution in [-0.2, 0) is 5.60 Å². The van der Waals surface area contributed by atoms with E-state index in [1.807, 2.05) is 38.1 Å². The second-order valence-electron chi connectivity index (χ2n) is 4.88. The van der Waals surface area contributed by atoms with Crippen molar-refractivity contribution in [2.45, 2.75) is 38.7 Å². The molecule has 0 aromatic heterocycles. The molecule has 1 aromatic rings. The lowest BCUT2D eigenvalue weighted by atomic mass is 9.90. The van der Waals surface area contributed by atoms with Gasteiger partial charge < -0.3 is 9.84 Å². The maximum absolute atomic E-state index is 10.4. The molecule has 0 aliphatic heterocycles. The number of benzene rings is 1. The molecule has 0 bridgehead atoms. The molecule has 0 heterocycles. The minimum atomic E-state index is -0.689. The van der Waals surface area contributed by atoms with Crippen LogP contribution in [0.2, 0.25) is 0 Å². The first-order valence-corrected chi connectivity index (χ1v) is 6.07. The van der Waals surface area contributed by atoms with Gasteiger partial charge in [0.25, 0.3) is 0 Å². The Kier molecular flexibility index (Phi) is 3.20. The van der Waals surface area contributed by atoms with Gasteiger partial charge in [0.15, 0.2) is 0 Å². The molecule has 0 radical (unpaired) electrons. The minimum absolute atomic E-state index is 0.678. The van der Waals surface area contributed by atoms with E-state index in [0.29, 0.717) is 6.61 Å². The van der Waals surface area contributed by atoms with Crippen molar-refractivity contribution in [3.63, 3.8) is 0 Å². The molecule has 88 valence electrons. The Bertz CT molecular complexity index is 336. The average Bonchev–Trinajstić information content (AvgIpc) is 3.02. The van der Waals surface area contributed by atoms with Gasteiger partial charge in [0.2, 0.25) is 0 Å². The van der Waals surface area contributed by atoms with Crippen LogP contribution in [0.1, 0.15) is 38.7 Å². The molecule has 2 rings (SSSR count). The average molecular weight is 220 g/mol. The lowest BCUT2D eigenvalue weighted by Gasteiger charge is -2.24. The second-order valence-corrected chi connectivity index (χ2v) is 4.88. The van der Waals surface area contributed by atoms with E-state index in [4.69, 9.17) is 4.74 Å². The van der Waals surface area contributed by atoms with Crippen LogP contribution in [0.15, 0.2) is 24.3 Å². The molecule has 1 N–H and O–H groups in total. The maximum atomic E-state index is 10.4. The Morgan fingerprint density at radius 1 is 1.31 bits per heavy atom. The summed E-state index contributed by atoms with van der Waals surface area (Å²) in [6.07, 6.45) is 3.42. The highest BCUT2D eigenvalue weighted by Gasteiger charge is 2.32. The largest absolute Gasteiger partial charge is 0.494 e. The standard InChI is InChI=1S/C14H20O2/c1-3-16-13-8-6-12(7-9-13)14(2,15)10-11-4-5-11/h6-9,11,15H,3-5,10H2,1-2H3. The first-order chi connectivity index (χ1) is 7.62. The number of hydrogen-bond donors (Lipinski definition) is 1. The van der Waals surface area contributed by atoms with Crippen molar-refractivity contribution in [1.82, 2.24) is 0 Å². The van der Waals surface area contributed by atoms with Crippen molar-refractivity contribution in [2.75, 3.05) is 6.61 Å². The number of rotatable bonds is 5. The highest BCUT2D eigenvalue weighted by Crippen LogP contribution is 2.40. The molecule has 1 aliphatic rings. The van der Waals surface area contributed by atoms with Crippen molar-refractivity contribution in [1.29, 1.82) is 0 Å². The van der Waals surface area contributed by atoms with Crippen molar-refractivity contribution in [2.24, 2.45) is 5.92 Å². The van der Waals surface area contributed by atoms with Crippen molar-refractivity contribution < 1.29 is 9.84 Å². The SMILES string of the molecule is CCOc1ccc(C(C)(O)CC2CC2)cc1. The highest BCUT2D eigenvalue weighted by molar-refractivity contribution is 5.30. The quantitative estimate of drug-likeness (QED) is 0.826. The zero-order valence-electron chi connectivity index (χ0n) is 10.1. The molecule has 1 saturated carbocycles. The monoisotopic (exact) mass is 220 g/mol. The smallest absolute Gasteiger partial charge is 0.119 e. The number of hydrogen-bond acceptors (Lipinski definition) is 2. The molecule has 0 amide bonds. The third-order valence-corrected chi connectivity index (χ3v) is 3.17. The van der Waals surface area contributed by atoms with Crippen molar-refractivity contribution >= 4 is 0 Å². The minimum Gasteiger partial charge on any atom is -0.494 e. The van der Waals surface area contributed by atoms with Crippen molar-refractivity contribution in [3.05, 3.63) is 29.8 Å². The molecular weight excluding hydrogens is 200 g/mol. The second kappa shape index (κ2) is 4.46. The van der Waals surface area contributed by atoms with Crippen LogP contribution < -0.4 is 4.74 Å².